The molecule has 3 nitrogen and oxygen atoms in total. The normalized spacial score (nSPS) is 18.9. The predicted octanol–water partition coefficient (Wildman–Crippen LogP) is 2.49. The van der Waals surface area contributed by atoms with Crippen molar-refractivity contribution in [2.24, 2.45) is 0 Å². The van der Waals surface area contributed by atoms with Crippen LogP contribution in [0.3, 0.4) is 0 Å². The Hall–Kier alpha value is -1.68. The predicted molar refractivity (Wildman–Crippen MR) is 59.4 cm³/mol. The van der Waals surface area contributed by atoms with Crippen molar-refractivity contribution in [3.63, 3.8) is 0 Å². The molecule has 2 aromatic carbocycles. The van der Waals surface area contributed by atoms with Crippen molar-refractivity contribution in [2.75, 3.05) is 5.32 Å². The zero-order chi connectivity index (χ0) is 10.4. The van der Waals surface area contributed by atoms with Crippen molar-refractivity contribution >= 4 is 32.5 Å². The van der Waals surface area contributed by atoms with Gasteiger partial charge < -0.3 is 5.32 Å². The fraction of sp³-hybridized carbons (Fsp3) is 0. The number of carbonyl (C=O) groups is 1. The van der Waals surface area contributed by atoms with Crippen molar-refractivity contribution in [3.05, 3.63) is 36.4 Å². The lowest BCUT2D eigenvalue weighted by Gasteiger charge is -2.02. The van der Waals surface area contributed by atoms with Gasteiger partial charge in [0.2, 0.25) is 0 Å². The van der Waals surface area contributed by atoms with Crippen LogP contribution in [0.15, 0.2) is 41.3 Å². The Bertz CT molecular complexity index is 607. The molecule has 0 fully saturated rings. The molecule has 0 saturated heterocycles. The molecule has 1 heterocycles. The molecule has 2 aromatic rings. The molecule has 0 saturated carbocycles. The first-order valence-electron chi connectivity index (χ1n) is 4.52. The van der Waals surface area contributed by atoms with Crippen LogP contribution in [-0.4, -0.2) is 9.45 Å². The highest BCUT2D eigenvalue weighted by Gasteiger charge is 2.27. The first-order chi connectivity index (χ1) is 7.27. The number of hydrogen-bond donors (Lipinski definition) is 1. The Balaban J connectivity index is 2.43. The molecule has 4 heteroatoms. The van der Waals surface area contributed by atoms with Gasteiger partial charge in [-0.1, -0.05) is 30.3 Å². The minimum Gasteiger partial charge on any atom is -0.313 e. The van der Waals surface area contributed by atoms with Gasteiger partial charge in [-0.15, -0.1) is 0 Å². The van der Waals surface area contributed by atoms with E-state index in [2.05, 4.69) is 5.32 Å². The summed E-state index contributed by atoms with van der Waals surface area (Å²) in [6, 6.07) is 11.3. The minimum atomic E-state index is -1.55. The summed E-state index contributed by atoms with van der Waals surface area (Å²) >= 11 is 0. The maximum Gasteiger partial charge on any atom is 0.318 e. The van der Waals surface area contributed by atoms with Crippen LogP contribution in [0.2, 0.25) is 0 Å². The third-order valence-corrected chi connectivity index (χ3v) is 3.66. The summed E-state index contributed by atoms with van der Waals surface area (Å²) in [5, 5.41) is 4.20. The van der Waals surface area contributed by atoms with E-state index < -0.39 is 16.0 Å². The molecule has 1 atom stereocenters. The summed E-state index contributed by atoms with van der Waals surface area (Å²) < 4.78 is 11.5. The lowest BCUT2D eigenvalue weighted by atomic mass is 10.1. The molecular formula is C11H7NO2S. The third kappa shape index (κ3) is 1.11. The number of rotatable bonds is 0. The van der Waals surface area contributed by atoms with Crippen LogP contribution in [0.1, 0.15) is 0 Å². The first kappa shape index (κ1) is 8.61. The number of anilines is 1. The number of fused-ring (bicyclic) bond motifs is 3. The second-order valence-corrected chi connectivity index (χ2v) is 4.69. The first-order valence-corrected chi connectivity index (χ1v) is 5.67. The lowest BCUT2D eigenvalue weighted by molar-refractivity contribution is 0.269. The molecule has 3 rings (SSSR count). The fourth-order valence-corrected chi connectivity index (χ4v) is 2.72. The zero-order valence-corrected chi connectivity index (χ0v) is 8.51. The van der Waals surface area contributed by atoms with E-state index >= 15 is 0 Å². The molecule has 15 heavy (non-hydrogen) atoms. The van der Waals surface area contributed by atoms with Crippen molar-refractivity contribution in [1.29, 1.82) is 0 Å². The van der Waals surface area contributed by atoms with E-state index in [0.29, 0.717) is 10.6 Å². The van der Waals surface area contributed by atoms with Crippen molar-refractivity contribution in [2.45, 2.75) is 4.90 Å². The molecule has 0 aliphatic carbocycles. The largest absolute Gasteiger partial charge is 0.318 e. The standard InChI is InChI=1S/C11H7NO2S/c13-11-12-10-8-4-2-1-3-7(8)5-6-9(10)15(11)14/h1-6H,(H,12,13). The average molecular weight is 217 g/mol. The van der Waals surface area contributed by atoms with Gasteiger partial charge in [-0.25, -0.2) is 4.21 Å². The van der Waals surface area contributed by atoms with E-state index in [4.69, 9.17) is 0 Å². The topological polar surface area (TPSA) is 46.2 Å². The van der Waals surface area contributed by atoms with Crippen LogP contribution in [0.25, 0.3) is 10.8 Å². The number of benzene rings is 2. The highest BCUT2D eigenvalue weighted by molar-refractivity contribution is 8.01. The van der Waals surface area contributed by atoms with Crippen LogP contribution in [0, 0.1) is 0 Å². The second-order valence-electron chi connectivity index (χ2n) is 3.34. The maximum atomic E-state index is 11.5. The van der Waals surface area contributed by atoms with Gasteiger partial charge in [0, 0.05) is 5.39 Å². The Labute approximate surface area is 88.6 Å². The smallest absolute Gasteiger partial charge is 0.313 e. The van der Waals surface area contributed by atoms with E-state index in [0.717, 1.165) is 10.8 Å². The van der Waals surface area contributed by atoms with E-state index in [1.165, 1.54) is 0 Å². The number of hydrogen-bond acceptors (Lipinski definition) is 2. The Morgan fingerprint density at radius 3 is 2.73 bits per heavy atom. The van der Waals surface area contributed by atoms with E-state index in [1.54, 1.807) is 6.07 Å². The van der Waals surface area contributed by atoms with Crippen molar-refractivity contribution < 1.29 is 9.00 Å². The molecule has 1 unspecified atom stereocenters. The van der Waals surface area contributed by atoms with Crippen LogP contribution in [0.4, 0.5) is 10.5 Å². The SMILES string of the molecule is O=C1Nc2c(ccc3ccccc23)S1=O. The van der Waals surface area contributed by atoms with Gasteiger partial charge in [-0.3, -0.25) is 4.79 Å². The molecule has 0 bridgehead atoms. The van der Waals surface area contributed by atoms with Crippen LogP contribution in [-0.2, 0) is 10.8 Å². The Morgan fingerprint density at radius 1 is 1.07 bits per heavy atom. The second kappa shape index (κ2) is 2.90. The highest BCUT2D eigenvalue weighted by atomic mass is 32.2. The van der Waals surface area contributed by atoms with Gasteiger partial charge in [0.25, 0.3) is 0 Å². The van der Waals surface area contributed by atoms with Gasteiger partial charge in [-0.2, -0.15) is 0 Å². The summed E-state index contributed by atoms with van der Waals surface area (Å²) in [5.41, 5.74) is 0.691. The molecular weight excluding hydrogens is 210 g/mol. The Kier molecular flexibility index (Phi) is 1.67. The lowest BCUT2D eigenvalue weighted by Crippen LogP contribution is -2.04. The van der Waals surface area contributed by atoms with Crippen LogP contribution in [0.5, 0.6) is 0 Å². The number of amides is 1. The van der Waals surface area contributed by atoms with Gasteiger partial charge in [0.1, 0.15) is 10.8 Å². The molecule has 1 aliphatic heterocycles. The number of nitrogens with one attached hydrogen (secondary N) is 1. The molecule has 1 N–H and O–H groups in total. The third-order valence-electron chi connectivity index (χ3n) is 2.49. The maximum absolute atomic E-state index is 11.5. The van der Waals surface area contributed by atoms with Gasteiger partial charge >= 0.3 is 5.24 Å². The minimum absolute atomic E-state index is 0.429. The van der Waals surface area contributed by atoms with E-state index in [1.807, 2.05) is 30.3 Å². The molecule has 0 spiro atoms. The summed E-state index contributed by atoms with van der Waals surface area (Å²) in [7, 11) is -1.55. The Morgan fingerprint density at radius 2 is 1.87 bits per heavy atom. The molecule has 1 aliphatic rings. The van der Waals surface area contributed by atoms with E-state index in [-0.39, 0.29) is 0 Å². The monoisotopic (exact) mass is 217 g/mol. The molecule has 0 radical (unpaired) electrons. The van der Waals surface area contributed by atoms with Crippen LogP contribution < -0.4 is 5.32 Å². The van der Waals surface area contributed by atoms with Gasteiger partial charge in [0.15, 0.2) is 0 Å². The summed E-state index contributed by atoms with van der Waals surface area (Å²) in [6.07, 6.45) is 0. The van der Waals surface area contributed by atoms with Crippen LogP contribution >= 0.6 is 0 Å². The molecule has 1 amide bonds. The van der Waals surface area contributed by atoms with E-state index in [9.17, 15) is 9.00 Å². The highest BCUT2D eigenvalue weighted by Crippen LogP contribution is 2.34. The summed E-state index contributed by atoms with van der Waals surface area (Å²) in [5.74, 6) is 0. The number of carbonyl (C=O) groups excluding carboxylic acids is 1. The molecule has 74 valence electrons. The van der Waals surface area contributed by atoms with Crippen molar-refractivity contribution in [3.8, 4) is 0 Å². The summed E-state index contributed by atoms with van der Waals surface area (Å²) in [4.78, 5) is 11.8. The quantitative estimate of drug-likeness (QED) is 0.736. The zero-order valence-electron chi connectivity index (χ0n) is 7.69. The molecule has 0 aromatic heterocycles. The summed E-state index contributed by atoms with van der Waals surface area (Å²) in [6.45, 7) is 0. The average Bonchev–Trinajstić information content (AvgIpc) is 2.56. The van der Waals surface area contributed by atoms with Crippen molar-refractivity contribution in [1.82, 2.24) is 0 Å². The fourth-order valence-electron chi connectivity index (χ4n) is 1.78. The van der Waals surface area contributed by atoms with Gasteiger partial charge in [-0.05, 0) is 11.5 Å². The van der Waals surface area contributed by atoms with Gasteiger partial charge in [0.05, 0.1) is 10.6 Å².